The van der Waals surface area contributed by atoms with Gasteiger partial charge >= 0.3 is 0 Å². The number of hydrogen-bond donors (Lipinski definition) is 0. The van der Waals surface area contributed by atoms with Gasteiger partial charge in [0.2, 0.25) is 0 Å². The highest BCUT2D eigenvalue weighted by Crippen LogP contribution is 2.31. The molecule has 0 atom stereocenters. The highest BCUT2D eigenvalue weighted by atomic mass is 32.1. The molecular formula is C21H22N2O2S2. The quantitative estimate of drug-likeness (QED) is 0.549. The number of ether oxygens (including phenoxy) is 1. The number of aryl methyl sites for hydroxylation is 2. The Labute approximate surface area is 167 Å². The van der Waals surface area contributed by atoms with E-state index in [2.05, 4.69) is 24.9 Å². The van der Waals surface area contributed by atoms with Gasteiger partial charge in [0.25, 0.3) is 5.91 Å². The Balaban J connectivity index is 1.40. The molecule has 4 rings (SSSR count). The SMILES string of the molecule is Cc1cc(C)cc(OCc2nc(CN(C(=O)c3cccs3)C3CC3)cs2)c1. The van der Waals surface area contributed by atoms with Crippen molar-refractivity contribution in [3.8, 4) is 5.75 Å². The summed E-state index contributed by atoms with van der Waals surface area (Å²) in [6.45, 7) is 5.16. The third kappa shape index (κ3) is 4.57. The smallest absolute Gasteiger partial charge is 0.264 e. The molecule has 1 fully saturated rings. The van der Waals surface area contributed by atoms with Gasteiger partial charge < -0.3 is 9.64 Å². The van der Waals surface area contributed by atoms with Crippen LogP contribution in [0.15, 0.2) is 41.1 Å². The Morgan fingerprint density at radius 3 is 2.67 bits per heavy atom. The highest BCUT2D eigenvalue weighted by Gasteiger charge is 2.33. The fourth-order valence-corrected chi connectivity index (χ4v) is 4.49. The molecule has 1 saturated carbocycles. The summed E-state index contributed by atoms with van der Waals surface area (Å²) in [5.41, 5.74) is 3.32. The van der Waals surface area contributed by atoms with Crippen molar-refractivity contribution in [2.45, 2.75) is 45.9 Å². The molecule has 2 aromatic heterocycles. The summed E-state index contributed by atoms with van der Waals surface area (Å²) in [7, 11) is 0. The summed E-state index contributed by atoms with van der Waals surface area (Å²) in [5.74, 6) is 0.991. The Hall–Kier alpha value is -2.18. The van der Waals surface area contributed by atoms with E-state index in [4.69, 9.17) is 4.74 Å². The van der Waals surface area contributed by atoms with Crippen LogP contribution in [0, 0.1) is 13.8 Å². The minimum Gasteiger partial charge on any atom is -0.486 e. The van der Waals surface area contributed by atoms with Crippen molar-refractivity contribution < 1.29 is 9.53 Å². The van der Waals surface area contributed by atoms with Crippen molar-refractivity contribution in [1.29, 1.82) is 0 Å². The molecule has 140 valence electrons. The molecule has 27 heavy (non-hydrogen) atoms. The summed E-state index contributed by atoms with van der Waals surface area (Å²) in [4.78, 5) is 20.2. The summed E-state index contributed by atoms with van der Waals surface area (Å²) in [6, 6.07) is 10.4. The van der Waals surface area contributed by atoms with Crippen molar-refractivity contribution in [2.24, 2.45) is 0 Å². The van der Waals surface area contributed by atoms with Gasteiger partial charge in [0.1, 0.15) is 17.4 Å². The summed E-state index contributed by atoms with van der Waals surface area (Å²) in [5, 5.41) is 4.92. The molecule has 4 nitrogen and oxygen atoms in total. The molecule has 0 unspecified atom stereocenters. The van der Waals surface area contributed by atoms with E-state index in [1.807, 2.05) is 39.9 Å². The van der Waals surface area contributed by atoms with Crippen molar-refractivity contribution in [3.63, 3.8) is 0 Å². The van der Waals surface area contributed by atoms with E-state index in [9.17, 15) is 4.79 Å². The normalized spacial score (nSPS) is 13.6. The lowest BCUT2D eigenvalue weighted by Crippen LogP contribution is -2.32. The van der Waals surface area contributed by atoms with Crippen LogP contribution in [0.25, 0.3) is 0 Å². The van der Waals surface area contributed by atoms with Crippen molar-refractivity contribution in [3.05, 3.63) is 67.8 Å². The summed E-state index contributed by atoms with van der Waals surface area (Å²) < 4.78 is 5.91. The molecule has 1 amide bonds. The molecule has 0 saturated heterocycles. The molecule has 1 aromatic carbocycles. The number of rotatable bonds is 7. The van der Waals surface area contributed by atoms with E-state index < -0.39 is 0 Å². The van der Waals surface area contributed by atoms with Crippen LogP contribution >= 0.6 is 22.7 Å². The minimum atomic E-state index is 0.119. The van der Waals surface area contributed by atoms with Gasteiger partial charge in [-0.15, -0.1) is 22.7 Å². The van der Waals surface area contributed by atoms with Gasteiger partial charge in [0.15, 0.2) is 0 Å². The predicted octanol–water partition coefficient (Wildman–Crippen LogP) is 5.21. The lowest BCUT2D eigenvalue weighted by atomic mass is 10.1. The second kappa shape index (κ2) is 7.82. The zero-order valence-corrected chi connectivity index (χ0v) is 17.1. The number of hydrogen-bond acceptors (Lipinski definition) is 5. The van der Waals surface area contributed by atoms with Gasteiger partial charge in [-0.25, -0.2) is 4.98 Å². The molecule has 6 heteroatoms. The van der Waals surface area contributed by atoms with Crippen LogP contribution in [0.4, 0.5) is 0 Å². The van der Waals surface area contributed by atoms with Gasteiger partial charge in [-0.05, 0) is 61.4 Å². The molecule has 0 radical (unpaired) electrons. The lowest BCUT2D eigenvalue weighted by molar-refractivity contribution is 0.0733. The first-order valence-corrected chi connectivity index (χ1v) is 10.8. The molecule has 0 spiro atoms. The maximum Gasteiger partial charge on any atom is 0.264 e. The minimum absolute atomic E-state index is 0.119. The van der Waals surface area contributed by atoms with Crippen LogP contribution in [0.3, 0.4) is 0 Å². The lowest BCUT2D eigenvalue weighted by Gasteiger charge is -2.20. The number of thiazole rings is 1. The maximum atomic E-state index is 12.8. The molecule has 0 bridgehead atoms. The second-order valence-electron chi connectivity index (χ2n) is 6.99. The van der Waals surface area contributed by atoms with Crippen molar-refractivity contribution >= 4 is 28.6 Å². The Morgan fingerprint density at radius 1 is 1.22 bits per heavy atom. The molecule has 2 heterocycles. The fourth-order valence-electron chi connectivity index (χ4n) is 3.12. The van der Waals surface area contributed by atoms with Crippen LogP contribution < -0.4 is 4.74 Å². The molecule has 0 aliphatic heterocycles. The zero-order valence-electron chi connectivity index (χ0n) is 15.5. The number of benzene rings is 1. The van der Waals surface area contributed by atoms with Crippen LogP contribution in [0.2, 0.25) is 0 Å². The van der Waals surface area contributed by atoms with Gasteiger partial charge in [0.05, 0.1) is 17.1 Å². The van der Waals surface area contributed by atoms with Gasteiger partial charge in [-0.1, -0.05) is 12.1 Å². The first-order valence-electron chi connectivity index (χ1n) is 9.07. The second-order valence-corrected chi connectivity index (χ2v) is 8.88. The number of amides is 1. The average molecular weight is 399 g/mol. The van der Waals surface area contributed by atoms with E-state index in [1.54, 1.807) is 11.3 Å². The predicted molar refractivity (Wildman–Crippen MR) is 110 cm³/mol. The average Bonchev–Trinajstić information content (AvgIpc) is 3.14. The number of aromatic nitrogens is 1. The maximum absolute atomic E-state index is 12.8. The van der Waals surface area contributed by atoms with Crippen LogP contribution in [-0.4, -0.2) is 21.8 Å². The first-order chi connectivity index (χ1) is 13.1. The number of thiophene rings is 1. The highest BCUT2D eigenvalue weighted by molar-refractivity contribution is 7.12. The summed E-state index contributed by atoms with van der Waals surface area (Å²) in [6.07, 6.45) is 2.17. The van der Waals surface area contributed by atoms with E-state index in [0.717, 1.165) is 34.2 Å². The molecule has 0 N–H and O–H groups in total. The van der Waals surface area contributed by atoms with E-state index in [0.29, 0.717) is 19.2 Å². The number of nitrogens with zero attached hydrogens (tertiary/aromatic N) is 2. The monoisotopic (exact) mass is 398 g/mol. The molecule has 3 aromatic rings. The van der Waals surface area contributed by atoms with Crippen LogP contribution in [0.5, 0.6) is 5.75 Å². The Morgan fingerprint density at radius 2 is 2.00 bits per heavy atom. The molecule has 1 aliphatic rings. The third-order valence-electron chi connectivity index (χ3n) is 4.47. The largest absolute Gasteiger partial charge is 0.486 e. The van der Waals surface area contributed by atoms with Gasteiger partial charge in [-0.2, -0.15) is 0 Å². The molecule has 1 aliphatic carbocycles. The number of carbonyl (C=O) groups excluding carboxylic acids is 1. The van der Waals surface area contributed by atoms with E-state index in [1.165, 1.54) is 22.5 Å². The topological polar surface area (TPSA) is 42.4 Å². The van der Waals surface area contributed by atoms with Gasteiger partial charge in [-0.3, -0.25) is 4.79 Å². The van der Waals surface area contributed by atoms with Gasteiger partial charge in [0, 0.05) is 11.4 Å². The third-order valence-corrected chi connectivity index (χ3v) is 6.20. The zero-order chi connectivity index (χ0) is 18.8. The van der Waals surface area contributed by atoms with Crippen molar-refractivity contribution in [2.75, 3.05) is 0 Å². The van der Waals surface area contributed by atoms with E-state index in [-0.39, 0.29) is 5.91 Å². The first kappa shape index (κ1) is 18.2. The Bertz CT molecular complexity index is 909. The van der Waals surface area contributed by atoms with Crippen LogP contribution in [-0.2, 0) is 13.2 Å². The number of carbonyl (C=O) groups is 1. The summed E-state index contributed by atoms with van der Waals surface area (Å²) >= 11 is 3.09. The standard InChI is InChI=1S/C21H22N2O2S2/c1-14-8-15(2)10-18(9-14)25-12-20-22-16(13-27-20)11-23(17-5-6-17)21(24)19-4-3-7-26-19/h3-4,7-10,13,17H,5-6,11-12H2,1-2H3. The van der Waals surface area contributed by atoms with Crippen molar-refractivity contribution in [1.82, 2.24) is 9.88 Å². The van der Waals surface area contributed by atoms with Crippen LogP contribution in [0.1, 0.15) is 44.3 Å². The fraction of sp³-hybridized carbons (Fsp3) is 0.333. The Kier molecular flexibility index (Phi) is 5.27. The van der Waals surface area contributed by atoms with E-state index >= 15 is 0 Å². The molecular weight excluding hydrogens is 376 g/mol.